The second-order valence-corrected chi connectivity index (χ2v) is 14.9. The summed E-state index contributed by atoms with van der Waals surface area (Å²) >= 11 is 0. The van der Waals surface area contributed by atoms with Crippen LogP contribution in [0.2, 0.25) is 0 Å². The van der Waals surface area contributed by atoms with Gasteiger partial charge in [0.05, 0.1) is 24.0 Å². The minimum absolute atomic E-state index is 0.0438. The number of allylic oxidation sites excluding steroid dienone is 2. The molecule has 0 amide bonds. The first-order valence-corrected chi connectivity index (χ1v) is 17.2. The Labute approximate surface area is 283 Å². The second-order valence-electron chi connectivity index (χ2n) is 14.9. The number of rotatable bonds is 1. The van der Waals surface area contributed by atoms with Crippen molar-refractivity contribution in [2.45, 2.75) is 52.9 Å². The van der Waals surface area contributed by atoms with Gasteiger partial charge in [-0.2, -0.15) is 9.13 Å². The topological polar surface area (TPSA) is 7.76 Å². The van der Waals surface area contributed by atoms with Crippen LogP contribution >= 0.6 is 0 Å². The van der Waals surface area contributed by atoms with Gasteiger partial charge in [-0.1, -0.05) is 98.6 Å². The standard InChI is InChI=1S/C46H40N2/c1-29-20-30(2)22-35(21-29)32-14-16-34-25-44(48-19-17-37(46(3,4)5)27-43(48)40(34)24-32)45-26-36-23-33-15-13-31-10-6-7-11-38(31)39(33)28-41(36)42-12-8-9-18-47(42)45/h6-24,27-28H,25-26H2,1-5H3/q+2/b45-44+. The zero-order chi connectivity index (χ0) is 32.7. The van der Waals surface area contributed by atoms with Crippen molar-refractivity contribution >= 4 is 32.9 Å². The number of hydrogen-bond donors (Lipinski definition) is 0. The van der Waals surface area contributed by atoms with Gasteiger partial charge in [-0.3, -0.25) is 0 Å². The molecule has 232 valence electrons. The van der Waals surface area contributed by atoms with Crippen molar-refractivity contribution in [3.05, 3.63) is 155 Å². The normalized spacial score (nSPS) is 15.2. The lowest BCUT2D eigenvalue weighted by molar-refractivity contribution is -0.602. The number of hydrogen-bond acceptors (Lipinski definition) is 0. The summed E-state index contributed by atoms with van der Waals surface area (Å²) in [6, 6.07) is 43.6. The highest BCUT2D eigenvalue weighted by atomic mass is 15.1. The van der Waals surface area contributed by atoms with Crippen molar-refractivity contribution in [1.29, 1.82) is 0 Å². The maximum Gasteiger partial charge on any atom is 0.259 e. The maximum absolute atomic E-state index is 2.49. The molecule has 0 fully saturated rings. The third-order valence-electron chi connectivity index (χ3n) is 10.5. The fourth-order valence-corrected chi connectivity index (χ4v) is 8.10. The van der Waals surface area contributed by atoms with Gasteiger partial charge in [0.25, 0.3) is 11.4 Å². The van der Waals surface area contributed by atoms with E-state index in [1.807, 2.05) is 0 Å². The van der Waals surface area contributed by atoms with E-state index in [-0.39, 0.29) is 5.41 Å². The Morgan fingerprint density at radius 2 is 1.21 bits per heavy atom. The minimum Gasteiger partial charge on any atom is -0.158 e. The zero-order valence-corrected chi connectivity index (χ0v) is 28.4. The highest BCUT2D eigenvalue weighted by Crippen LogP contribution is 2.40. The molecule has 0 saturated heterocycles. The molecule has 48 heavy (non-hydrogen) atoms. The second kappa shape index (κ2) is 10.6. The molecule has 0 atom stereocenters. The number of pyridine rings is 2. The predicted molar refractivity (Wildman–Crippen MR) is 200 cm³/mol. The number of fused-ring (bicyclic) bond motifs is 9. The van der Waals surface area contributed by atoms with Gasteiger partial charge in [0.2, 0.25) is 11.4 Å². The first-order valence-electron chi connectivity index (χ1n) is 17.2. The summed E-state index contributed by atoms with van der Waals surface area (Å²) in [6.07, 6.45) is 6.34. The lowest BCUT2D eigenvalue weighted by Crippen LogP contribution is -2.47. The van der Waals surface area contributed by atoms with E-state index in [9.17, 15) is 0 Å². The first-order chi connectivity index (χ1) is 23.2. The average Bonchev–Trinajstić information content (AvgIpc) is 3.09. The van der Waals surface area contributed by atoms with Crippen LogP contribution in [0.5, 0.6) is 0 Å². The quantitative estimate of drug-likeness (QED) is 0.127. The largest absolute Gasteiger partial charge is 0.259 e. The monoisotopic (exact) mass is 620 g/mol. The molecule has 7 aromatic rings. The molecule has 2 aromatic heterocycles. The lowest BCUT2D eigenvalue weighted by Gasteiger charge is -2.24. The van der Waals surface area contributed by atoms with E-state index in [4.69, 9.17) is 0 Å². The Hall–Kier alpha value is -5.34. The molecule has 0 unspecified atom stereocenters. The molecule has 4 heterocycles. The zero-order valence-electron chi connectivity index (χ0n) is 28.4. The Kier molecular flexibility index (Phi) is 6.36. The van der Waals surface area contributed by atoms with Gasteiger partial charge in [0.15, 0.2) is 12.4 Å². The Balaban J connectivity index is 1.26. The molecular formula is C46H40N2+2. The molecule has 0 bridgehead atoms. The number of aryl methyl sites for hydroxylation is 2. The van der Waals surface area contributed by atoms with E-state index in [0.29, 0.717) is 0 Å². The summed E-state index contributed by atoms with van der Waals surface area (Å²) in [6.45, 7) is 11.3. The minimum atomic E-state index is 0.0438. The molecule has 2 aliphatic heterocycles. The molecule has 0 N–H and O–H groups in total. The van der Waals surface area contributed by atoms with Gasteiger partial charge in [0.1, 0.15) is 0 Å². The van der Waals surface area contributed by atoms with Crippen molar-refractivity contribution in [2.75, 3.05) is 0 Å². The van der Waals surface area contributed by atoms with Gasteiger partial charge in [-0.25, -0.2) is 0 Å². The fourth-order valence-electron chi connectivity index (χ4n) is 8.10. The van der Waals surface area contributed by atoms with Crippen LogP contribution in [0.4, 0.5) is 0 Å². The molecule has 2 nitrogen and oxygen atoms in total. The van der Waals surface area contributed by atoms with Gasteiger partial charge in [0, 0.05) is 24.3 Å². The summed E-state index contributed by atoms with van der Waals surface area (Å²) in [5.41, 5.74) is 17.2. The average molecular weight is 621 g/mol. The van der Waals surface area contributed by atoms with Crippen molar-refractivity contribution in [3.8, 4) is 33.6 Å². The number of nitrogens with zero attached hydrogens (tertiary/aromatic N) is 2. The molecule has 0 saturated carbocycles. The van der Waals surface area contributed by atoms with Crippen LogP contribution in [-0.2, 0) is 18.3 Å². The van der Waals surface area contributed by atoms with Crippen LogP contribution < -0.4 is 9.13 Å². The summed E-state index contributed by atoms with van der Waals surface area (Å²) in [5.74, 6) is 0. The first kappa shape index (κ1) is 28.8. The van der Waals surface area contributed by atoms with Crippen LogP contribution in [0.3, 0.4) is 0 Å². The van der Waals surface area contributed by atoms with E-state index in [1.54, 1.807) is 0 Å². The van der Waals surface area contributed by atoms with Crippen molar-refractivity contribution in [1.82, 2.24) is 0 Å². The molecule has 9 rings (SSSR count). The van der Waals surface area contributed by atoms with Crippen molar-refractivity contribution in [2.24, 2.45) is 0 Å². The lowest BCUT2D eigenvalue weighted by atomic mass is 9.84. The number of aromatic nitrogens is 2. The molecule has 2 heteroatoms. The highest BCUT2D eigenvalue weighted by Gasteiger charge is 2.39. The van der Waals surface area contributed by atoms with E-state index in [2.05, 4.69) is 171 Å². The van der Waals surface area contributed by atoms with E-state index in [0.717, 1.165) is 12.8 Å². The molecule has 5 aromatic carbocycles. The summed E-state index contributed by atoms with van der Waals surface area (Å²) in [4.78, 5) is 0. The summed E-state index contributed by atoms with van der Waals surface area (Å²) in [7, 11) is 0. The Bertz CT molecular complexity index is 2490. The number of benzene rings is 5. The Morgan fingerprint density at radius 1 is 0.500 bits per heavy atom. The SMILES string of the molecule is Cc1cc(C)cc(-c2ccc3c(c2)-c2cc(C(C)(C)C)cc[n+]2/C(=C2\Cc4cc5ccc6ccccc6c5cc4-c4cccc[n+]42)C3)c1. The van der Waals surface area contributed by atoms with Crippen LogP contribution in [0, 0.1) is 13.8 Å². The van der Waals surface area contributed by atoms with E-state index >= 15 is 0 Å². The van der Waals surface area contributed by atoms with Gasteiger partial charge >= 0.3 is 0 Å². The van der Waals surface area contributed by atoms with Crippen LogP contribution in [0.1, 0.15) is 48.6 Å². The van der Waals surface area contributed by atoms with Gasteiger partial charge in [-0.05, 0) is 92.9 Å². The molecule has 0 radical (unpaired) electrons. The smallest absolute Gasteiger partial charge is 0.158 e. The van der Waals surface area contributed by atoms with Gasteiger partial charge in [-0.15, -0.1) is 0 Å². The van der Waals surface area contributed by atoms with Crippen molar-refractivity contribution in [3.63, 3.8) is 0 Å². The van der Waals surface area contributed by atoms with Crippen molar-refractivity contribution < 1.29 is 9.13 Å². The molecule has 2 aliphatic rings. The van der Waals surface area contributed by atoms with E-state index in [1.165, 1.54) is 94.4 Å². The summed E-state index contributed by atoms with van der Waals surface area (Å²) in [5, 5.41) is 5.22. The third kappa shape index (κ3) is 4.62. The molecule has 0 aliphatic carbocycles. The molecule has 0 spiro atoms. The van der Waals surface area contributed by atoms with Crippen LogP contribution in [0.15, 0.2) is 128 Å². The maximum atomic E-state index is 2.49. The Morgan fingerprint density at radius 3 is 2.02 bits per heavy atom. The van der Waals surface area contributed by atoms with E-state index < -0.39 is 0 Å². The molecular weight excluding hydrogens is 581 g/mol. The fraction of sp³-hybridized carbons (Fsp3) is 0.174. The summed E-state index contributed by atoms with van der Waals surface area (Å²) < 4.78 is 4.94. The van der Waals surface area contributed by atoms with Crippen LogP contribution in [0.25, 0.3) is 66.6 Å². The van der Waals surface area contributed by atoms with Crippen LogP contribution in [-0.4, -0.2) is 0 Å². The predicted octanol–water partition coefficient (Wildman–Crippen LogP) is 10.4. The third-order valence-corrected chi connectivity index (χ3v) is 10.5. The van der Waals surface area contributed by atoms with Gasteiger partial charge < -0.3 is 0 Å². The highest BCUT2D eigenvalue weighted by molar-refractivity contribution is 6.09.